The molecule has 2 amide bonds. The molecule has 1 unspecified atom stereocenters. The van der Waals surface area contributed by atoms with Crippen molar-refractivity contribution in [3.8, 4) is 23.4 Å². The summed E-state index contributed by atoms with van der Waals surface area (Å²) in [5.74, 6) is 1.46. The van der Waals surface area contributed by atoms with Gasteiger partial charge in [-0.1, -0.05) is 6.07 Å². The molecule has 1 fully saturated rings. The van der Waals surface area contributed by atoms with E-state index in [1.807, 2.05) is 0 Å². The number of piperidine rings is 1. The number of anilines is 1. The van der Waals surface area contributed by atoms with Gasteiger partial charge in [0.1, 0.15) is 6.10 Å². The fourth-order valence-electron chi connectivity index (χ4n) is 3.06. The van der Waals surface area contributed by atoms with E-state index in [1.165, 1.54) is 14.2 Å². The van der Waals surface area contributed by atoms with E-state index in [4.69, 9.17) is 18.9 Å². The monoisotopic (exact) mass is 388 g/mol. The van der Waals surface area contributed by atoms with Crippen molar-refractivity contribution in [3.05, 3.63) is 30.5 Å². The van der Waals surface area contributed by atoms with E-state index in [1.54, 1.807) is 42.5 Å². The molecular formula is C19H24N4O5. The first-order chi connectivity index (χ1) is 13.6. The first-order valence-electron chi connectivity index (χ1n) is 8.95. The molecule has 0 aliphatic carbocycles. The molecule has 28 heavy (non-hydrogen) atoms. The van der Waals surface area contributed by atoms with Crippen molar-refractivity contribution >= 4 is 11.7 Å². The lowest BCUT2D eigenvalue weighted by Crippen LogP contribution is -2.46. The molecule has 1 aromatic heterocycles. The Balaban J connectivity index is 1.64. The number of aromatic nitrogens is 2. The van der Waals surface area contributed by atoms with Gasteiger partial charge >= 0.3 is 12.0 Å². The van der Waals surface area contributed by atoms with Crippen LogP contribution in [0.25, 0.3) is 0 Å². The second kappa shape index (κ2) is 9.12. The van der Waals surface area contributed by atoms with E-state index in [9.17, 15) is 4.79 Å². The van der Waals surface area contributed by atoms with Crippen molar-refractivity contribution in [3.63, 3.8) is 0 Å². The first kappa shape index (κ1) is 19.5. The second-order valence-electron chi connectivity index (χ2n) is 6.18. The van der Waals surface area contributed by atoms with Gasteiger partial charge in [-0.2, -0.15) is 4.98 Å². The Bertz CT molecular complexity index is 817. The largest absolute Gasteiger partial charge is 0.493 e. The molecule has 1 N–H and O–H groups in total. The van der Waals surface area contributed by atoms with Crippen LogP contribution in [0.4, 0.5) is 10.5 Å². The fourth-order valence-corrected chi connectivity index (χ4v) is 3.06. The predicted octanol–water partition coefficient (Wildman–Crippen LogP) is 2.58. The Labute approximate surface area is 163 Å². The number of carbonyl (C=O) groups excluding carboxylic acids is 1. The molecule has 1 aliphatic rings. The van der Waals surface area contributed by atoms with Crippen LogP contribution in [0.15, 0.2) is 30.5 Å². The van der Waals surface area contributed by atoms with Gasteiger partial charge in [0.2, 0.25) is 5.88 Å². The van der Waals surface area contributed by atoms with Crippen molar-refractivity contribution in [1.82, 2.24) is 14.9 Å². The summed E-state index contributed by atoms with van der Waals surface area (Å²) in [4.78, 5) is 22.6. The van der Waals surface area contributed by atoms with Gasteiger partial charge in [-0.15, -0.1) is 0 Å². The summed E-state index contributed by atoms with van der Waals surface area (Å²) < 4.78 is 21.6. The van der Waals surface area contributed by atoms with Crippen LogP contribution in [0.2, 0.25) is 0 Å². The first-order valence-corrected chi connectivity index (χ1v) is 8.95. The maximum atomic E-state index is 12.8. The summed E-state index contributed by atoms with van der Waals surface area (Å²) in [6.45, 7) is 1.09. The third-order valence-corrected chi connectivity index (χ3v) is 4.39. The number of nitrogens with one attached hydrogen (secondary N) is 1. The Morgan fingerprint density at radius 2 is 2.04 bits per heavy atom. The molecule has 0 saturated carbocycles. The molecule has 0 spiro atoms. The smallest absolute Gasteiger partial charge is 0.322 e. The molecule has 3 rings (SSSR count). The van der Waals surface area contributed by atoms with Gasteiger partial charge in [-0.05, 0) is 25.0 Å². The Morgan fingerprint density at radius 1 is 1.18 bits per heavy atom. The minimum atomic E-state index is -0.222. The van der Waals surface area contributed by atoms with Gasteiger partial charge in [-0.3, -0.25) is 0 Å². The van der Waals surface area contributed by atoms with Crippen LogP contribution in [0.1, 0.15) is 12.8 Å². The van der Waals surface area contributed by atoms with Gasteiger partial charge in [0.15, 0.2) is 11.5 Å². The summed E-state index contributed by atoms with van der Waals surface area (Å²) in [5, 5.41) is 2.89. The molecular weight excluding hydrogens is 364 g/mol. The quantitative estimate of drug-likeness (QED) is 0.813. The zero-order valence-electron chi connectivity index (χ0n) is 16.2. The normalized spacial score (nSPS) is 16.2. The van der Waals surface area contributed by atoms with Crippen LogP contribution in [-0.2, 0) is 0 Å². The number of hydrogen-bond donors (Lipinski definition) is 1. The molecule has 2 aromatic rings. The van der Waals surface area contributed by atoms with Crippen LogP contribution in [0.3, 0.4) is 0 Å². The summed E-state index contributed by atoms with van der Waals surface area (Å²) >= 11 is 0. The molecule has 150 valence electrons. The number of nitrogens with zero attached hydrogens (tertiary/aromatic N) is 3. The number of amides is 2. The van der Waals surface area contributed by atoms with Crippen molar-refractivity contribution in [2.45, 2.75) is 18.9 Å². The lowest BCUT2D eigenvalue weighted by molar-refractivity contribution is 0.102. The second-order valence-corrected chi connectivity index (χ2v) is 6.18. The van der Waals surface area contributed by atoms with Crippen LogP contribution in [0.5, 0.6) is 23.4 Å². The minimum absolute atomic E-state index is 0.161. The number of carbonyl (C=O) groups is 1. The minimum Gasteiger partial charge on any atom is -0.493 e. The average molecular weight is 388 g/mol. The maximum Gasteiger partial charge on any atom is 0.322 e. The van der Waals surface area contributed by atoms with Crippen LogP contribution in [-0.4, -0.2) is 61.4 Å². The highest BCUT2D eigenvalue weighted by molar-refractivity contribution is 5.91. The SMILES string of the molecule is COc1nccc(OC2CCCN(C(=O)Nc3cccc(OC)c3OC)C2)n1. The van der Waals surface area contributed by atoms with Gasteiger partial charge in [0, 0.05) is 18.8 Å². The average Bonchev–Trinajstić information content (AvgIpc) is 2.73. The van der Waals surface area contributed by atoms with E-state index in [0.717, 1.165) is 12.8 Å². The van der Waals surface area contributed by atoms with Crippen LogP contribution in [0, 0.1) is 0 Å². The van der Waals surface area contributed by atoms with Crippen LogP contribution >= 0.6 is 0 Å². The molecule has 9 nitrogen and oxygen atoms in total. The number of benzene rings is 1. The fraction of sp³-hybridized carbons (Fsp3) is 0.421. The number of likely N-dealkylation sites (tertiary alicyclic amines) is 1. The van der Waals surface area contributed by atoms with E-state index < -0.39 is 0 Å². The molecule has 1 saturated heterocycles. The zero-order chi connectivity index (χ0) is 19.9. The third-order valence-electron chi connectivity index (χ3n) is 4.39. The number of methoxy groups -OCH3 is 3. The number of hydrogen-bond acceptors (Lipinski definition) is 7. The van der Waals surface area contributed by atoms with E-state index >= 15 is 0 Å². The molecule has 9 heteroatoms. The van der Waals surface area contributed by atoms with Crippen LogP contribution < -0.4 is 24.3 Å². The predicted molar refractivity (Wildman–Crippen MR) is 102 cm³/mol. The van der Waals surface area contributed by atoms with E-state index in [-0.39, 0.29) is 18.1 Å². The highest BCUT2D eigenvalue weighted by atomic mass is 16.5. The van der Waals surface area contributed by atoms with E-state index in [2.05, 4.69) is 15.3 Å². The lowest BCUT2D eigenvalue weighted by Gasteiger charge is -2.32. The maximum absolute atomic E-state index is 12.8. The van der Waals surface area contributed by atoms with Crippen molar-refractivity contribution in [1.29, 1.82) is 0 Å². The molecule has 1 aliphatic heterocycles. The highest BCUT2D eigenvalue weighted by Crippen LogP contribution is 2.35. The molecule has 0 radical (unpaired) electrons. The summed E-state index contributed by atoms with van der Waals surface area (Å²) in [6.07, 6.45) is 3.07. The highest BCUT2D eigenvalue weighted by Gasteiger charge is 2.26. The van der Waals surface area contributed by atoms with Crippen molar-refractivity contribution in [2.24, 2.45) is 0 Å². The van der Waals surface area contributed by atoms with Gasteiger partial charge in [0.05, 0.1) is 33.6 Å². The summed E-state index contributed by atoms with van der Waals surface area (Å²) in [7, 11) is 4.59. The summed E-state index contributed by atoms with van der Waals surface area (Å²) in [6, 6.07) is 7.03. The Kier molecular flexibility index (Phi) is 6.36. The molecule has 0 bridgehead atoms. The number of urea groups is 1. The molecule has 1 atom stereocenters. The number of rotatable bonds is 6. The van der Waals surface area contributed by atoms with Gasteiger partial charge < -0.3 is 29.2 Å². The molecule has 2 heterocycles. The summed E-state index contributed by atoms with van der Waals surface area (Å²) in [5.41, 5.74) is 0.551. The Hall–Kier alpha value is -3.23. The van der Waals surface area contributed by atoms with Gasteiger partial charge in [-0.25, -0.2) is 9.78 Å². The standard InChI is InChI=1S/C19H24N4O5/c1-25-15-8-4-7-14(17(15)26-2)21-19(24)23-11-5-6-13(12-23)28-16-9-10-20-18(22-16)27-3/h4,7-10,13H,5-6,11-12H2,1-3H3,(H,21,24). The topological polar surface area (TPSA) is 95.0 Å². The number of ether oxygens (including phenoxy) is 4. The van der Waals surface area contributed by atoms with Crippen molar-refractivity contribution < 1.29 is 23.7 Å². The Morgan fingerprint density at radius 3 is 2.79 bits per heavy atom. The third kappa shape index (κ3) is 4.54. The van der Waals surface area contributed by atoms with Gasteiger partial charge in [0.25, 0.3) is 0 Å². The molecule has 1 aromatic carbocycles. The lowest BCUT2D eigenvalue weighted by atomic mass is 10.1. The van der Waals surface area contributed by atoms with Crippen molar-refractivity contribution in [2.75, 3.05) is 39.7 Å². The number of para-hydroxylation sites is 1. The zero-order valence-corrected chi connectivity index (χ0v) is 16.2. The van der Waals surface area contributed by atoms with E-state index in [0.29, 0.717) is 36.2 Å².